The van der Waals surface area contributed by atoms with E-state index < -0.39 is 11.7 Å². The molecule has 3 saturated carbocycles. The van der Waals surface area contributed by atoms with E-state index in [1.165, 1.54) is 68.9 Å². The van der Waals surface area contributed by atoms with Gasteiger partial charge in [-0.1, -0.05) is 109 Å². The molecule has 1 N–H and O–H groups in total. The summed E-state index contributed by atoms with van der Waals surface area (Å²) >= 11 is 0. The Morgan fingerprint density at radius 3 is 2.21 bits per heavy atom. The summed E-state index contributed by atoms with van der Waals surface area (Å²) in [7, 11) is 0. The summed E-state index contributed by atoms with van der Waals surface area (Å²) in [5.41, 5.74) is 3.22. The molecule has 0 aromatic rings. The summed E-state index contributed by atoms with van der Waals surface area (Å²) in [6.45, 7) is 17.2. The number of aliphatic hydroxyl groups is 1. The first-order valence-electron chi connectivity index (χ1n) is 20.1. The molecule has 3 aliphatic rings. The van der Waals surface area contributed by atoms with Gasteiger partial charge < -0.3 is 14.6 Å². The predicted octanol–water partition coefficient (Wildman–Crippen LogP) is 11.5. The molecule has 3 fully saturated rings. The average Bonchev–Trinajstić information content (AvgIpc) is 3.40. The lowest BCUT2D eigenvalue weighted by molar-refractivity contribution is -0.163. The fourth-order valence-corrected chi connectivity index (χ4v) is 9.08. The number of hydrogen-bond donors (Lipinski definition) is 1. The van der Waals surface area contributed by atoms with E-state index in [4.69, 9.17) is 9.47 Å². The first-order chi connectivity index (χ1) is 22.9. The van der Waals surface area contributed by atoms with Gasteiger partial charge in [0.15, 0.2) is 0 Å². The van der Waals surface area contributed by atoms with Crippen LogP contribution < -0.4 is 0 Å². The van der Waals surface area contributed by atoms with Crippen LogP contribution in [0.15, 0.2) is 35.5 Å². The summed E-state index contributed by atoms with van der Waals surface area (Å²) in [4.78, 5) is 25.2. The molecule has 0 aromatic heterocycles. The molecule has 6 atom stereocenters. The van der Waals surface area contributed by atoms with Gasteiger partial charge in [-0.05, 0) is 113 Å². The number of unbranched alkanes of at least 4 members (excludes halogenated alkanes) is 8. The van der Waals surface area contributed by atoms with Crippen molar-refractivity contribution in [2.45, 2.75) is 201 Å². The highest BCUT2D eigenvalue weighted by molar-refractivity contribution is 5.70. The van der Waals surface area contributed by atoms with Crippen molar-refractivity contribution in [2.24, 2.45) is 23.2 Å². The van der Waals surface area contributed by atoms with E-state index in [0.29, 0.717) is 37.0 Å². The minimum absolute atomic E-state index is 0.0329. The molecule has 3 rings (SSSR count). The van der Waals surface area contributed by atoms with E-state index in [-0.39, 0.29) is 23.5 Å². The Bertz CT molecular complexity index is 1080. The smallest absolute Gasteiger partial charge is 0.306 e. The summed E-state index contributed by atoms with van der Waals surface area (Å²) in [5.74, 6) is 1.49. The first-order valence-corrected chi connectivity index (χ1v) is 20.1. The van der Waals surface area contributed by atoms with E-state index in [0.717, 1.165) is 64.2 Å². The first kappa shape index (κ1) is 40.5. The second-order valence-corrected chi connectivity index (χ2v) is 16.5. The van der Waals surface area contributed by atoms with Gasteiger partial charge in [0.1, 0.15) is 12.2 Å². The molecule has 0 saturated heterocycles. The molecule has 0 heterocycles. The van der Waals surface area contributed by atoms with Crippen molar-refractivity contribution in [3.63, 3.8) is 0 Å². The van der Waals surface area contributed by atoms with E-state index in [1.54, 1.807) is 19.4 Å². The van der Waals surface area contributed by atoms with Crippen molar-refractivity contribution < 1.29 is 24.2 Å². The average molecular weight is 669 g/mol. The third-order valence-electron chi connectivity index (χ3n) is 12.1. The normalized spacial score (nSPS) is 27.6. The molecule has 0 bridgehead atoms. The van der Waals surface area contributed by atoms with Gasteiger partial charge in [-0.25, -0.2) is 0 Å². The monoisotopic (exact) mass is 669 g/mol. The van der Waals surface area contributed by atoms with Crippen molar-refractivity contribution in [1.82, 2.24) is 0 Å². The van der Waals surface area contributed by atoms with Gasteiger partial charge in [0, 0.05) is 19.3 Å². The topological polar surface area (TPSA) is 72.8 Å². The van der Waals surface area contributed by atoms with Crippen LogP contribution in [0.1, 0.15) is 183 Å². The number of hydrogen-bond acceptors (Lipinski definition) is 5. The molecule has 3 aliphatic carbocycles. The Hall–Kier alpha value is -1.88. The fraction of sp³-hybridized carbons (Fsp3) is 0.814. The largest absolute Gasteiger partial charge is 0.462 e. The lowest BCUT2D eigenvalue weighted by Crippen LogP contribution is -2.41. The van der Waals surface area contributed by atoms with Crippen LogP contribution in [0.2, 0.25) is 0 Å². The fourth-order valence-electron chi connectivity index (χ4n) is 9.08. The summed E-state index contributed by atoms with van der Waals surface area (Å²) < 4.78 is 11.8. The number of esters is 2. The standard InChI is InChI=1S/C43H72O5/c1-8-10-12-14-16-20-40(44)47-36-26-22-32(3)35(31-36)25-24-34-19-18-30-43(7)37(27-28-38(34)43)33(4)23-29-39(42(5,6)46)48-41(45)21-17-15-13-11-9-2/h24-25,33,36-39,46H,3,8-23,26-31H2,1-2,4-7H3/b34-24+,35-25-/t33-,36+,37-,38+,39?,43-/m1/s1. The number of ether oxygens (including phenoxy) is 2. The molecule has 0 spiro atoms. The third kappa shape index (κ3) is 12.5. The summed E-state index contributed by atoms with van der Waals surface area (Å²) in [6.07, 6.45) is 26.6. The van der Waals surface area contributed by atoms with Crippen molar-refractivity contribution >= 4 is 11.9 Å². The summed E-state index contributed by atoms with van der Waals surface area (Å²) in [6, 6.07) is 0. The zero-order valence-electron chi connectivity index (χ0n) is 31.9. The molecular formula is C43H72O5. The molecule has 0 aromatic carbocycles. The molecule has 274 valence electrons. The molecule has 1 unspecified atom stereocenters. The maximum atomic E-state index is 12.7. The second-order valence-electron chi connectivity index (χ2n) is 16.5. The summed E-state index contributed by atoms with van der Waals surface area (Å²) in [5, 5.41) is 10.9. The second kappa shape index (κ2) is 20.1. The molecule has 48 heavy (non-hydrogen) atoms. The van der Waals surface area contributed by atoms with Crippen molar-refractivity contribution in [3.8, 4) is 0 Å². The van der Waals surface area contributed by atoms with Gasteiger partial charge in [0.05, 0.1) is 5.60 Å². The SMILES string of the molecule is C=C1CC[C@H](OC(=O)CCCCCCC)C/C1=C/C=C1\CCC[C@]2(C)[C@@H]([C@H](C)CCC(OC(=O)CCCCCCC)C(C)(C)O)CC[C@@H]12. The van der Waals surface area contributed by atoms with E-state index in [2.05, 4.69) is 46.4 Å². The highest BCUT2D eigenvalue weighted by atomic mass is 16.6. The maximum absolute atomic E-state index is 12.7. The van der Waals surface area contributed by atoms with Crippen molar-refractivity contribution in [2.75, 3.05) is 0 Å². The minimum atomic E-state index is -1.05. The van der Waals surface area contributed by atoms with Crippen molar-refractivity contribution in [3.05, 3.63) is 35.5 Å². The van der Waals surface area contributed by atoms with E-state index >= 15 is 0 Å². The Morgan fingerprint density at radius 1 is 0.917 bits per heavy atom. The zero-order chi connectivity index (χ0) is 35.2. The number of allylic oxidation sites excluding steroid dienone is 4. The lowest BCUT2D eigenvalue weighted by Gasteiger charge is -2.44. The van der Waals surface area contributed by atoms with Gasteiger partial charge in [0.2, 0.25) is 0 Å². The zero-order valence-corrected chi connectivity index (χ0v) is 31.9. The molecule has 0 amide bonds. The minimum Gasteiger partial charge on any atom is -0.462 e. The van der Waals surface area contributed by atoms with E-state index in [1.807, 2.05) is 0 Å². The van der Waals surface area contributed by atoms with Gasteiger partial charge in [-0.3, -0.25) is 9.59 Å². The van der Waals surface area contributed by atoms with Gasteiger partial charge in [0.25, 0.3) is 0 Å². The predicted molar refractivity (Wildman–Crippen MR) is 199 cm³/mol. The van der Waals surface area contributed by atoms with Crippen LogP contribution in [0.25, 0.3) is 0 Å². The Balaban J connectivity index is 1.56. The third-order valence-corrected chi connectivity index (χ3v) is 12.1. The van der Waals surface area contributed by atoms with Crippen LogP contribution in [0.5, 0.6) is 0 Å². The van der Waals surface area contributed by atoms with Crippen LogP contribution in [0.4, 0.5) is 0 Å². The number of carbonyl (C=O) groups is 2. The van der Waals surface area contributed by atoms with Gasteiger partial charge in [-0.2, -0.15) is 0 Å². The van der Waals surface area contributed by atoms with Crippen LogP contribution in [0.3, 0.4) is 0 Å². The van der Waals surface area contributed by atoms with Gasteiger partial charge in [-0.15, -0.1) is 0 Å². The number of carbonyl (C=O) groups excluding carboxylic acids is 2. The lowest BCUT2D eigenvalue weighted by atomic mass is 9.60. The number of rotatable bonds is 20. The van der Waals surface area contributed by atoms with Crippen molar-refractivity contribution in [1.29, 1.82) is 0 Å². The van der Waals surface area contributed by atoms with Gasteiger partial charge >= 0.3 is 11.9 Å². The molecule has 0 radical (unpaired) electrons. The quantitative estimate of drug-likeness (QED) is 0.103. The Morgan fingerprint density at radius 2 is 1.56 bits per heavy atom. The molecule has 0 aliphatic heterocycles. The van der Waals surface area contributed by atoms with Crippen LogP contribution in [0, 0.1) is 23.2 Å². The highest BCUT2D eigenvalue weighted by Crippen LogP contribution is 2.60. The number of fused-ring (bicyclic) bond motifs is 1. The Kier molecular flexibility index (Phi) is 17.0. The highest BCUT2D eigenvalue weighted by Gasteiger charge is 2.50. The van der Waals surface area contributed by atoms with E-state index in [9.17, 15) is 14.7 Å². The molecule has 5 nitrogen and oxygen atoms in total. The Labute approximate surface area is 294 Å². The molecular weight excluding hydrogens is 596 g/mol. The van der Waals surface area contributed by atoms with Crippen LogP contribution >= 0.6 is 0 Å². The maximum Gasteiger partial charge on any atom is 0.306 e. The molecule has 5 heteroatoms. The van der Waals surface area contributed by atoms with Crippen LogP contribution in [-0.4, -0.2) is 34.9 Å². The van der Waals surface area contributed by atoms with Crippen LogP contribution in [-0.2, 0) is 19.1 Å².